The van der Waals surface area contributed by atoms with Crippen LogP contribution in [0, 0.1) is 0 Å². The molecule has 1 aliphatic carbocycles. The van der Waals surface area contributed by atoms with Crippen molar-refractivity contribution in [3.05, 3.63) is 29.8 Å². The summed E-state index contributed by atoms with van der Waals surface area (Å²) in [4.78, 5) is 0. The molecule has 1 aliphatic rings. The van der Waals surface area contributed by atoms with Gasteiger partial charge in [-0.3, -0.25) is 0 Å². The molecule has 0 bridgehead atoms. The maximum absolute atomic E-state index is 3.59. The van der Waals surface area contributed by atoms with E-state index in [9.17, 15) is 0 Å². The van der Waals surface area contributed by atoms with E-state index >= 15 is 0 Å². The van der Waals surface area contributed by atoms with Crippen molar-refractivity contribution < 1.29 is 0 Å². The fourth-order valence-corrected chi connectivity index (χ4v) is 3.80. The van der Waals surface area contributed by atoms with Crippen LogP contribution < -0.4 is 5.32 Å². The number of rotatable bonds is 11. The first kappa shape index (κ1) is 18.4. The summed E-state index contributed by atoms with van der Waals surface area (Å²) in [6.07, 6.45) is 18.2. The average Bonchev–Trinajstić information content (AvgIpc) is 2.62. The zero-order valence-corrected chi connectivity index (χ0v) is 15.3. The van der Waals surface area contributed by atoms with Crippen LogP contribution in [-0.4, -0.2) is 6.54 Å². The Morgan fingerprint density at radius 1 is 0.783 bits per heavy atom. The lowest BCUT2D eigenvalue weighted by atomic mass is 9.84. The Balaban J connectivity index is 1.54. The van der Waals surface area contributed by atoms with Crippen LogP contribution in [0.1, 0.15) is 102 Å². The van der Waals surface area contributed by atoms with Crippen LogP contribution in [0.2, 0.25) is 0 Å². The highest BCUT2D eigenvalue weighted by molar-refractivity contribution is 5.45. The molecule has 2 rings (SSSR count). The lowest BCUT2D eigenvalue weighted by Gasteiger charge is -2.22. The third kappa shape index (κ3) is 7.42. The number of anilines is 1. The summed E-state index contributed by atoms with van der Waals surface area (Å²) in [6, 6.07) is 9.28. The second-order valence-electron chi connectivity index (χ2n) is 7.36. The molecule has 1 N–H and O–H groups in total. The molecule has 0 amide bonds. The van der Waals surface area contributed by atoms with Crippen LogP contribution in [0.3, 0.4) is 0 Å². The zero-order chi connectivity index (χ0) is 16.2. The van der Waals surface area contributed by atoms with E-state index in [2.05, 4.69) is 36.5 Å². The molecule has 1 fully saturated rings. The summed E-state index contributed by atoms with van der Waals surface area (Å²) in [6.45, 7) is 3.41. The van der Waals surface area contributed by atoms with Gasteiger partial charge in [-0.25, -0.2) is 0 Å². The third-order valence-electron chi connectivity index (χ3n) is 5.35. The summed E-state index contributed by atoms with van der Waals surface area (Å²) in [5, 5.41) is 3.59. The predicted octanol–water partition coefficient (Wildman–Crippen LogP) is 7.29. The molecular formula is C22H37N. The maximum atomic E-state index is 3.59. The van der Waals surface area contributed by atoms with Gasteiger partial charge in [0, 0.05) is 12.2 Å². The first-order valence-electron chi connectivity index (χ1n) is 10.2. The number of nitrogens with one attached hydrogen (secondary N) is 1. The molecular weight excluding hydrogens is 278 g/mol. The quantitative estimate of drug-likeness (QED) is 0.423. The predicted molar refractivity (Wildman–Crippen MR) is 103 cm³/mol. The van der Waals surface area contributed by atoms with Gasteiger partial charge in [-0.15, -0.1) is 0 Å². The van der Waals surface area contributed by atoms with Crippen LogP contribution in [0.25, 0.3) is 0 Å². The molecule has 0 saturated heterocycles. The van der Waals surface area contributed by atoms with Crippen molar-refractivity contribution in [1.29, 1.82) is 0 Å². The molecule has 1 saturated carbocycles. The van der Waals surface area contributed by atoms with Crippen LogP contribution in [-0.2, 0) is 0 Å². The van der Waals surface area contributed by atoms with Crippen molar-refractivity contribution in [2.24, 2.45) is 0 Å². The summed E-state index contributed by atoms with van der Waals surface area (Å²) >= 11 is 0. The van der Waals surface area contributed by atoms with E-state index in [1.165, 1.54) is 89.2 Å². The van der Waals surface area contributed by atoms with Gasteiger partial charge in [0.05, 0.1) is 0 Å². The van der Waals surface area contributed by atoms with Crippen molar-refractivity contribution in [2.75, 3.05) is 11.9 Å². The number of hydrogen-bond acceptors (Lipinski definition) is 1. The van der Waals surface area contributed by atoms with Crippen molar-refractivity contribution >= 4 is 5.69 Å². The van der Waals surface area contributed by atoms with Gasteiger partial charge in [-0.05, 0) is 42.9 Å². The first-order valence-corrected chi connectivity index (χ1v) is 10.2. The van der Waals surface area contributed by atoms with Gasteiger partial charge in [0.1, 0.15) is 0 Å². The van der Waals surface area contributed by atoms with Gasteiger partial charge >= 0.3 is 0 Å². The van der Waals surface area contributed by atoms with Gasteiger partial charge in [0.2, 0.25) is 0 Å². The second kappa shape index (κ2) is 11.5. The van der Waals surface area contributed by atoms with E-state index in [1.54, 1.807) is 5.56 Å². The molecule has 130 valence electrons. The molecule has 1 aromatic carbocycles. The largest absolute Gasteiger partial charge is 0.385 e. The van der Waals surface area contributed by atoms with Gasteiger partial charge in [0.25, 0.3) is 0 Å². The molecule has 1 aromatic rings. The molecule has 0 unspecified atom stereocenters. The standard InChI is InChI=1S/C22H37N/c1-2-3-4-5-6-7-8-12-19-23-22-17-15-21(16-18-22)20-13-10-9-11-14-20/h15-18,20,23H,2-14,19H2,1H3. The van der Waals surface area contributed by atoms with E-state index in [1.807, 2.05) is 0 Å². The Morgan fingerprint density at radius 2 is 1.39 bits per heavy atom. The Hall–Kier alpha value is -0.980. The van der Waals surface area contributed by atoms with E-state index in [0.717, 1.165) is 12.5 Å². The number of unbranched alkanes of at least 4 members (excludes halogenated alkanes) is 7. The molecule has 0 spiro atoms. The summed E-state index contributed by atoms with van der Waals surface area (Å²) in [7, 11) is 0. The van der Waals surface area contributed by atoms with Crippen LogP contribution in [0.4, 0.5) is 5.69 Å². The maximum Gasteiger partial charge on any atom is 0.0340 e. The molecule has 1 nitrogen and oxygen atoms in total. The van der Waals surface area contributed by atoms with Crippen molar-refractivity contribution in [3.8, 4) is 0 Å². The SMILES string of the molecule is CCCCCCCCCCNc1ccc(C2CCCCC2)cc1. The highest BCUT2D eigenvalue weighted by Gasteiger charge is 2.14. The normalized spacial score (nSPS) is 15.7. The number of benzene rings is 1. The number of hydrogen-bond donors (Lipinski definition) is 1. The average molecular weight is 316 g/mol. The van der Waals surface area contributed by atoms with Crippen LogP contribution in [0.15, 0.2) is 24.3 Å². The minimum Gasteiger partial charge on any atom is -0.385 e. The van der Waals surface area contributed by atoms with Crippen molar-refractivity contribution in [3.63, 3.8) is 0 Å². The van der Waals surface area contributed by atoms with E-state index in [4.69, 9.17) is 0 Å². The summed E-state index contributed by atoms with van der Waals surface area (Å²) < 4.78 is 0. The van der Waals surface area contributed by atoms with Gasteiger partial charge in [0.15, 0.2) is 0 Å². The fraction of sp³-hybridized carbons (Fsp3) is 0.727. The minimum atomic E-state index is 0.825. The minimum absolute atomic E-state index is 0.825. The van der Waals surface area contributed by atoms with Gasteiger partial charge in [-0.1, -0.05) is 83.3 Å². The van der Waals surface area contributed by atoms with Gasteiger partial charge < -0.3 is 5.32 Å². The molecule has 0 aliphatic heterocycles. The second-order valence-corrected chi connectivity index (χ2v) is 7.36. The molecule has 23 heavy (non-hydrogen) atoms. The molecule has 0 radical (unpaired) electrons. The van der Waals surface area contributed by atoms with Crippen LogP contribution >= 0.6 is 0 Å². The van der Waals surface area contributed by atoms with Crippen molar-refractivity contribution in [2.45, 2.75) is 96.3 Å². The van der Waals surface area contributed by atoms with E-state index < -0.39 is 0 Å². The van der Waals surface area contributed by atoms with Crippen molar-refractivity contribution in [1.82, 2.24) is 0 Å². The Labute approximate surface area is 144 Å². The highest BCUT2D eigenvalue weighted by atomic mass is 14.9. The smallest absolute Gasteiger partial charge is 0.0340 e. The molecule has 1 heteroatoms. The lowest BCUT2D eigenvalue weighted by molar-refractivity contribution is 0.443. The van der Waals surface area contributed by atoms with Crippen LogP contribution in [0.5, 0.6) is 0 Å². The molecule has 0 atom stereocenters. The lowest BCUT2D eigenvalue weighted by Crippen LogP contribution is -2.05. The van der Waals surface area contributed by atoms with E-state index in [0.29, 0.717) is 0 Å². The zero-order valence-electron chi connectivity index (χ0n) is 15.3. The topological polar surface area (TPSA) is 12.0 Å². The molecule has 0 heterocycles. The monoisotopic (exact) mass is 315 g/mol. The summed E-state index contributed by atoms with van der Waals surface area (Å²) in [5.74, 6) is 0.825. The first-order chi connectivity index (χ1) is 11.4. The summed E-state index contributed by atoms with van der Waals surface area (Å²) in [5.41, 5.74) is 2.86. The Bertz CT molecular complexity index is 389. The molecule has 0 aromatic heterocycles. The fourth-order valence-electron chi connectivity index (χ4n) is 3.80. The Kier molecular flexibility index (Phi) is 9.21. The Morgan fingerprint density at radius 3 is 2.04 bits per heavy atom. The van der Waals surface area contributed by atoms with Gasteiger partial charge in [-0.2, -0.15) is 0 Å². The highest BCUT2D eigenvalue weighted by Crippen LogP contribution is 2.32. The third-order valence-corrected chi connectivity index (χ3v) is 5.35. The van der Waals surface area contributed by atoms with E-state index in [-0.39, 0.29) is 0 Å².